The molecule has 1 atom stereocenters. The van der Waals surface area contributed by atoms with Crippen LogP contribution in [0.5, 0.6) is 5.75 Å². The summed E-state index contributed by atoms with van der Waals surface area (Å²) in [6, 6.07) is 5.20. The van der Waals surface area contributed by atoms with Gasteiger partial charge in [0, 0.05) is 36.7 Å². The maximum atomic E-state index is 9.32. The van der Waals surface area contributed by atoms with Crippen molar-refractivity contribution in [1.82, 2.24) is 10.6 Å². The average Bonchev–Trinajstić information content (AvgIpc) is 3.10. The van der Waals surface area contributed by atoms with Crippen molar-refractivity contribution in [2.24, 2.45) is 10.4 Å². The van der Waals surface area contributed by atoms with Crippen molar-refractivity contribution in [2.45, 2.75) is 26.2 Å². The van der Waals surface area contributed by atoms with Crippen molar-refractivity contribution in [3.63, 3.8) is 0 Å². The van der Waals surface area contributed by atoms with Gasteiger partial charge in [0.1, 0.15) is 5.75 Å². The van der Waals surface area contributed by atoms with Gasteiger partial charge < -0.3 is 25.2 Å². The number of rotatable bonds is 10. The van der Waals surface area contributed by atoms with Crippen LogP contribution in [0.3, 0.4) is 0 Å². The third-order valence-electron chi connectivity index (χ3n) is 4.51. The van der Waals surface area contributed by atoms with E-state index in [1.807, 2.05) is 6.92 Å². The maximum absolute atomic E-state index is 9.32. The molecule has 0 aliphatic carbocycles. The Morgan fingerprint density at radius 3 is 2.89 bits per heavy atom. The molecule has 0 amide bonds. The Labute approximate surface area is 171 Å². The highest BCUT2D eigenvalue weighted by Crippen LogP contribution is 2.32. The minimum Gasteiger partial charge on any atom is -0.492 e. The lowest BCUT2D eigenvalue weighted by Crippen LogP contribution is -2.39. The molecule has 0 bridgehead atoms. The molecule has 3 N–H and O–H groups in total. The predicted octanol–water partition coefficient (Wildman–Crippen LogP) is 3.11. The zero-order valence-electron chi connectivity index (χ0n) is 15.8. The molecule has 0 radical (unpaired) electrons. The van der Waals surface area contributed by atoms with E-state index >= 15 is 0 Å². The molecule has 1 aromatic rings. The smallest absolute Gasteiger partial charge is 0.191 e. The van der Waals surface area contributed by atoms with E-state index in [0.717, 1.165) is 38.5 Å². The number of halogens is 2. The molecule has 1 unspecified atom stereocenters. The fourth-order valence-electron chi connectivity index (χ4n) is 2.93. The Kier molecular flexibility index (Phi) is 9.48. The minimum atomic E-state index is -0.0501. The molecule has 1 aromatic carbocycles. The van der Waals surface area contributed by atoms with Gasteiger partial charge in [-0.15, -0.1) is 0 Å². The number of guanidine groups is 1. The van der Waals surface area contributed by atoms with Crippen LogP contribution in [0.25, 0.3) is 0 Å². The van der Waals surface area contributed by atoms with Gasteiger partial charge in [-0.05, 0) is 44.4 Å². The summed E-state index contributed by atoms with van der Waals surface area (Å²) < 4.78 is 11.2. The van der Waals surface area contributed by atoms with Gasteiger partial charge in [0.25, 0.3) is 0 Å². The molecule has 1 saturated heterocycles. The summed E-state index contributed by atoms with van der Waals surface area (Å²) >= 11 is 12.0. The van der Waals surface area contributed by atoms with Crippen LogP contribution < -0.4 is 15.4 Å². The summed E-state index contributed by atoms with van der Waals surface area (Å²) in [5, 5.41) is 17.0. The molecule has 27 heavy (non-hydrogen) atoms. The maximum Gasteiger partial charge on any atom is 0.191 e. The van der Waals surface area contributed by atoms with E-state index in [1.165, 1.54) is 0 Å². The summed E-state index contributed by atoms with van der Waals surface area (Å²) in [5.74, 6) is 1.40. The number of ether oxygens (including phenoxy) is 2. The molecule has 1 heterocycles. The monoisotopic (exact) mass is 417 g/mol. The van der Waals surface area contributed by atoms with E-state index in [-0.39, 0.29) is 12.0 Å². The lowest BCUT2D eigenvalue weighted by molar-refractivity contribution is 0.131. The topological polar surface area (TPSA) is 75.1 Å². The molecule has 0 aromatic heterocycles. The van der Waals surface area contributed by atoms with E-state index in [1.54, 1.807) is 18.2 Å². The van der Waals surface area contributed by atoms with Gasteiger partial charge in [-0.2, -0.15) is 0 Å². The number of aliphatic hydroxyl groups excluding tert-OH is 1. The summed E-state index contributed by atoms with van der Waals surface area (Å²) in [5.41, 5.74) is -0.0501. The first-order valence-electron chi connectivity index (χ1n) is 9.37. The molecule has 0 spiro atoms. The zero-order chi connectivity index (χ0) is 19.5. The summed E-state index contributed by atoms with van der Waals surface area (Å²) in [6.45, 7) is 6.28. The summed E-state index contributed by atoms with van der Waals surface area (Å²) in [6.07, 6.45) is 2.45. The first-order chi connectivity index (χ1) is 13.1. The molecule has 1 aliphatic heterocycles. The predicted molar refractivity (Wildman–Crippen MR) is 110 cm³/mol. The van der Waals surface area contributed by atoms with Gasteiger partial charge >= 0.3 is 0 Å². The van der Waals surface area contributed by atoms with E-state index in [0.29, 0.717) is 42.0 Å². The molecule has 0 saturated carbocycles. The van der Waals surface area contributed by atoms with Crippen LogP contribution in [-0.2, 0) is 4.74 Å². The molecule has 1 fully saturated rings. The number of nitrogens with zero attached hydrogens (tertiary/aromatic N) is 1. The Bertz CT molecular complexity index is 608. The highest BCUT2D eigenvalue weighted by molar-refractivity contribution is 6.35. The largest absolute Gasteiger partial charge is 0.492 e. The van der Waals surface area contributed by atoms with Crippen LogP contribution >= 0.6 is 23.2 Å². The normalized spacial score (nSPS) is 19.9. The lowest BCUT2D eigenvalue weighted by atomic mass is 9.84. The van der Waals surface area contributed by atoms with Gasteiger partial charge in [0.05, 0.1) is 24.8 Å². The van der Waals surface area contributed by atoms with Crippen molar-refractivity contribution in [3.05, 3.63) is 28.2 Å². The molecule has 152 valence electrons. The summed E-state index contributed by atoms with van der Waals surface area (Å²) in [7, 11) is 0. The standard InChI is InChI=1S/C19H29Cl2N3O3/c1-2-22-18(24-13-19(6-9-25)7-11-26-14-19)23-8-3-10-27-17-5-4-15(20)12-16(17)21/h4-5,12,25H,2-3,6-11,13-14H2,1H3,(H2,22,23,24). The van der Waals surface area contributed by atoms with Crippen LogP contribution in [-0.4, -0.2) is 57.1 Å². The molecular weight excluding hydrogens is 389 g/mol. The third kappa shape index (κ3) is 7.37. The van der Waals surface area contributed by atoms with E-state index in [2.05, 4.69) is 10.6 Å². The zero-order valence-corrected chi connectivity index (χ0v) is 17.3. The van der Waals surface area contributed by atoms with Gasteiger partial charge in [-0.25, -0.2) is 0 Å². The van der Waals surface area contributed by atoms with Crippen molar-refractivity contribution in [1.29, 1.82) is 0 Å². The first-order valence-corrected chi connectivity index (χ1v) is 10.1. The number of benzene rings is 1. The van der Waals surface area contributed by atoms with Crippen LogP contribution in [0.15, 0.2) is 23.2 Å². The number of aliphatic hydroxyl groups is 1. The van der Waals surface area contributed by atoms with Crippen molar-refractivity contribution >= 4 is 29.2 Å². The fraction of sp³-hybridized carbons (Fsp3) is 0.632. The second kappa shape index (κ2) is 11.6. The van der Waals surface area contributed by atoms with Gasteiger partial charge in [-0.1, -0.05) is 23.2 Å². The van der Waals surface area contributed by atoms with E-state index < -0.39 is 0 Å². The van der Waals surface area contributed by atoms with E-state index in [4.69, 9.17) is 37.7 Å². The fourth-order valence-corrected chi connectivity index (χ4v) is 3.39. The van der Waals surface area contributed by atoms with Crippen LogP contribution in [0.2, 0.25) is 10.0 Å². The SMILES string of the molecule is CCNC(=NCC1(CCO)CCOC1)NCCCOc1ccc(Cl)cc1Cl. The third-order valence-corrected chi connectivity index (χ3v) is 5.04. The molecule has 8 heteroatoms. The highest BCUT2D eigenvalue weighted by Gasteiger charge is 2.34. The summed E-state index contributed by atoms with van der Waals surface area (Å²) in [4.78, 5) is 4.69. The molecule has 6 nitrogen and oxygen atoms in total. The van der Waals surface area contributed by atoms with Crippen molar-refractivity contribution < 1.29 is 14.6 Å². The molecule has 2 rings (SSSR count). The van der Waals surface area contributed by atoms with Crippen LogP contribution in [0, 0.1) is 5.41 Å². The number of hydrogen-bond acceptors (Lipinski definition) is 4. The Hall–Kier alpha value is -1.21. The molecule has 1 aliphatic rings. The van der Waals surface area contributed by atoms with Gasteiger partial charge in [0.15, 0.2) is 5.96 Å². The average molecular weight is 418 g/mol. The number of aliphatic imine (C=N–C) groups is 1. The van der Waals surface area contributed by atoms with Crippen molar-refractivity contribution in [2.75, 3.05) is 46.1 Å². The van der Waals surface area contributed by atoms with Gasteiger partial charge in [-0.3, -0.25) is 4.99 Å². The first kappa shape index (κ1) is 22.1. The number of nitrogens with one attached hydrogen (secondary N) is 2. The second-order valence-electron chi connectivity index (χ2n) is 6.67. The lowest BCUT2D eigenvalue weighted by Gasteiger charge is -2.24. The Morgan fingerprint density at radius 1 is 1.37 bits per heavy atom. The Balaban J connectivity index is 1.76. The van der Waals surface area contributed by atoms with Crippen molar-refractivity contribution in [3.8, 4) is 5.75 Å². The Morgan fingerprint density at radius 2 is 2.22 bits per heavy atom. The van der Waals surface area contributed by atoms with Gasteiger partial charge in [0.2, 0.25) is 0 Å². The number of hydrogen-bond donors (Lipinski definition) is 3. The minimum absolute atomic E-state index is 0.0501. The van der Waals surface area contributed by atoms with Crippen LogP contribution in [0.4, 0.5) is 0 Å². The van der Waals surface area contributed by atoms with E-state index in [9.17, 15) is 5.11 Å². The van der Waals surface area contributed by atoms with Crippen LogP contribution in [0.1, 0.15) is 26.2 Å². The highest BCUT2D eigenvalue weighted by atomic mass is 35.5. The molecular formula is C19H29Cl2N3O3. The second-order valence-corrected chi connectivity index (χ2v) is 7.52. The quantitative estimate of drug-likeness (QED) is 0.309.